The minimum Gasteiger partial charge on any atom is -0.493 e. The Morgan fingerprint density at radius 2 is 1.81 bits per heavy atom. The molecule has 0 radical (unpaired) electrons. The fourth-order valence-corrected chi connectivity index (χ4v) is 4.26. The lowest BCUT2D eigenvalue weighted by Crippen LogP contribution is -2.36. The van der Waals surface area contributed by atoms with Crippen molar-refractivity contribution in [1.82, 2.24) is 4.90 Å². The second kappa shape index (κ2) is 14.3. The summed E-state index contributed by atoms with van der Waals surface area (Å²) in [6, 6.07) is 5.49. The summed E-state index contributed by atoms with van der Waals surface area (Å²) in [5.41, 5.74) is -0.615. The van der Waals surface area contributed by atoms with Crippen LogP contribution in [0.5, 0.6) is 17.2 Å². The van der Waals surface area contributed by atoms with Crippen LogP contribution in [0, 0.1) is 17.8 Å². The first kappa shape index (κ1) is 30.5. The number of carbonyl (C=O) groups is 2. The largest absolute Gasteiger partial charge is 0.493 e. The van der Waals surface area contributed by atoms with Crippen LogP contribution in [0.2, 0.25) is 0 Å². The normalized spacial score (nSPS) is 18.5. The molecule has 0 aliphatic carbocycles. The Hall–Kier alpha value is -2.68. The summed E-state index contributed by atoms with van der Waals surface area (Å²) in [6.45, 7) is 13.5. The Labute approximate surface area is 221 Å². The second-order valence-corrected chi connectivity index (χ2v) is 10.6. The monoisotopic (exact) mass is 523 g/mol. The van der Waals surface area contributed by atoms with Crippen molar-refractivity contribution in [3.05, 3.63) is 18.2 Å². The first-order valence-electron chi connectivity index (χ1n) is 13.1. The van der Waals surface area contributed by atoms with E-state index >= 15 is 0 Å². The van der Waals surface area contributed by atoms with E-state index in [4.69, 9.17) is 28.4 Å². The molecule has 0 saturated carbocycles. The lowest BCUT2D eigenvalue weighted by atomic mass is 9.87. The number of ether oxygens (including phenoxy) is 6. The predicted molar refractivity (Wildman–Crippen MR) is 140 cm³/mol. The molecule has 3 atom stereocenters. The molecule has 1 fully saturated rings. The predicted octanol–water partition coefficient (Wildman–Crippen LogP) is 4.95. The van der Waals surface area contributed by atoms with Gasteiger partial charge in [-0.25, -0.2) is 4.79 Å². The average molecular weight is 524 g/mol. The van der Waals surface area contributed by atoms with Gasteiger partial charge in [0, 0.05) is 39.3 Å². The number of rotatable bonds is 13. The third kappa shape index (κ3) is 9.61. The highest BCUT2D eigenvalue weighted by Crippen LogP contribution is 2.35. The van der Waals surface area contributed by atoms with E-state index in [0.717, 1.165) is 6.42 Å². The lowest BCUT2D eigenvalue weighted by molar-refractivity contribution is -0.149. The maximum atomic E-state index is 12.8. The first-order chi connectivity index (χ1) is 17.5. The summed E-state index contributed by atoms with van der Waals surface area (Å²) in [7, 11) is 3.26. The Bertz CT molecular complexity index is 866. The maximum absolute atomic E-state index is 12.8. The lowest BCUT2D eigenvalue weighted by Gasteiger charge is -2.27. The van der Waals surface area contributed by atoms with Gasteiger partial charge in [-0.15, -0.1) is 0 Å². The highest BCUT2D eigenvalue weighted by molar-refractivity contribution is 5.76. The molecule has 9 heteroatoms. The van der Waals surface area contributed by atoms with E-state index in [2.05, 4.69) is 13.8 Å². The van der Waals surface area contributed by atoms with Crippen LogP contribution >= 0.6 is 0 Å². The smallest absolute Gasteiger partial charge is 0.410 e. The number of amides is 1. The van der Waals surface area contributed by atoms with Gasteiger partial charge in [0.1, 0.15) is 17.5 Å². The van der Waals surface area contributed by atoms with Gasteiger partial charge in [0.2, 0.25) is 0 Å². The minimum atomic E-state index is -0.615. The summed E-state index contributed by atoms with van der Waals surface area (Å²) in [5, 5.41) is 0. The molecule has 1 heterocycles. The number of methoxy groups -OCH3 is 2. The number of likely N-dealkylation sites (tertiary alicyclic amines) is 1. The first-order valence-corrected chi connectivity index (χ1v) is 13.1. The number of nitrogens with zero attached hydrogens (tertiary/aromatic N) is 1. The molecule has 0 aromatic heterocycles. The molecule has 1 aromatic rings. The summed E-state index contributed by atoms with van der Waals surface area (Å²) in [6.07, 6.45) is 0.716. The molecule has 0 N–H and O–H groups in total. The van der Waals surface area contributed by atoms with E-state index in [1.807, 2.05) is 39.0 Å². The van der Waals surface area contributed by atoms with Crippen LogP contribution in [0.25, 0.3) is 0 Å². The van der Waals surface area contributed by atoms with Gasteiger partial charge in [0.15, 0.2) is 11.5 Å². The van der Waals surface area contributed by atoms with Crippen LogP contribution < -0.4 is 14.2 Å². The fourth-order valence-electron chi connectivity index (χ4n) is 4.26. The van der Waals surface area contributed by atoms with Crippen molar-refractivity contribution in [2.45, 2.75) is 66.1 Å². The van der Waals surface area contributed by atoms with Gasteiger partial charge < -0.3 is 33.3 Å². The molecule has 0 spiro atoms. The minimum absolute atomic E-state index is 0.123. The number of benzene rings is 1. The van der Waals surface area contributed by atoms with Crippen LogP contribution in [-0.4, -0.2) is 75.8 Å². The molecule has 1 aliphatic rings. The molecule has 1 aliphatic heterocycles. The summed E-state index contributed by atoms with van der Waals surface area (Å²) >= 11 is 0. The van der Waals surface area contributed by atoms with Crippen LogP contribution in [0.3, 0.4) is 0 Å². The molecule has 1 saturated heterocycles. The van der Waals surface area contributed by atoms with Crippen LogP contribution in [-0.2, 0) is 19.0 Å². The average Bonchev–Trinajstić information content (AvgIpc) is 3.25. The molecular formula is C28H45NO8. The molecule has 1 amide bonds. The summed E-state index contributed by atoms with van der Waals surface area (Å²) < 4.78 is 33.7. The molecule has 37 heavy (non-hydrogen) atoms. The maximum Gasteiger partial charge on any atom is 0.410 e. The molecule has 2 unspecified atom stereocenters. The van der Waals surface area contributed by atoms with E-state index in [1.165, 1.54) is 0 Å². The third-order valence-corrected chi connectivity index (χ3v) is 6.13. The van der Waals surface area contributed by atoms with E-state index in [-0.39, 0.29) is 37.1 Å². The van der Waals surface area contributed by atoms with E-state index in [0.29, 0.717) is 43.4 Å². The van der Waals surface area contributed by atoms with Gasteiger partial charge in [-0.3, -0.25) is 4.79 Å². The van der Waals surface area contributed by atoms with E-state index < -0.39 is 17.6 Å². The van der Waals surface area contributed by atoms with Gasteiger partial charge in [0.25, 0.3) is 0 Å². The van der Waals surface area contributed by atoms with Crippen molar-refractivity contribution in [2.24, 2.45) is 17.8 Å². The van der Waals surface area contributed by atoms with Gasteiger partial charge in [0.05, 0.1) is 26.2 Å². The van der Waals surface area contributed by atoms with Crippen molar-refractivity contribution in [1.29, 1.82) is 0 Å². The fraction of sp³-hybridized carbons (Fsp3) is 0.714. The molecule has 9 nitrogen and oxygen atoms in total. The summed E-state index contributed by atoms with van der Waals surface area (Å²) in [5.74, 6) is 1.17. The quantitative estimate of drug-likeness (QED) is 0.265. The topological polar surface area (TPSA) is 92.8 Å². The molecular weight excluding hydrogens is 478 g/mol. The highest BCUT2D eigenvalue weighted by Gasteiger charge is 2.43. The molecule has 0 bridgehead atoms. The standard InChI is InChI=1S/C28H45NO8/c1-9-34-26(30)22-18-29(27(31)37-28(4,5)6)17-20(22)15-24(19(2)3)36-21-11-12-23(33-8)25(16-21)35-14-10-13-32-7/h11-12,16,19-20,22,24H,9-10,13-15,17-18H2,1-8H3/t20?,22?,24-/m0/s1. The molecule has 210 valence electrons. The van der Waals surface area contributed by atoms with E-state index in [9.17, 15) is 9.59 Å². The Kier molecular flexibility index (Phi) is 11.8. The van der Waals surface area contributed by atoms with Crippen molar-refractivity contribution in [3.8, 4) is 17.2 Å². The van der Waals surface area contributed by atoms with Crippen molar-refractivity contribution < 1.29 is 38.0 Å². The third-order valence-electron chi connectivity index (χ3n) is 6.13. The van der Waals surface area contributed by atoms with Crippen molar-refractivity contribution >= 4 is 12.1 Å². The Morgan fingerprint density at radius 1 is 1.08 bits per heavy atom. The number of esters is 1. The number of carbonyl (C=O) groups excluding carboxylic acids is 2. The molecule has 1 aromatic carbocycles. The zero-order chi connectivity index (χ0) is 27.6. The molecule has 2 rings (SSSR count). The van der Waals surface area contributed by atoms with Crippen molar-refractivity contribution in [2.75, 3.05) is 47.1 Å². The second-order valence-electron chi connectivity index (χ2n) is 10.6. The van der Waals surface area contributed by atoms with Crippen LogP contribution in [0.15, 0.2) is 18.2 Å². The van der Waals surface area contributed by atoms with Gasteiger partial charge in [-0.05, 0) is 58.1 Å². The Morgan fingerprint density at radius 3 is 2.41 bits per heavy atom. The number of hydrogen-bond donors (Lipinski definition) is 0. The number of hydrogen-bond acceptors (Lipinski definition) is 8. The highest BCUT2D eigenvalue weighted by atomic mass is 16.6. The summed E-state index contributed by atoms with van der Waals surface area (Å²) in [4.78, 5) is 27.2. The zero-order valence-corrected chi connectivity index (χ0v) is 23.7. The zero-order valence-electron chi connectivity index (χ0n) is 23.7. The SMILES string of the molecule is CCOC(=O)C1CN(C(=O)OC(C)(C)C)CC1C[C@H](Oc1ccc(OC)c(OCCCOC)c1)C(C)C. The van der Waals surface area contributed by atoms with Crippen molar-refractivity contribution in [3.63, 3.8) is 0 Å². The Balaban J connectivity index is 2.18. The van der Waals surface area contributed by atoms with E-state index in [1.54, 1.807) is 26.0 Å². The van der Waals surface area contributed by atoms with Gasteiger partial charge in [-0.2, -0.15) is 0 Å². The van der Waals surface area contributed by atoms with Crippen LogP contribution in [0.1, 0.15) is 54.4 Å². The van der Waals surface area contributed by atoms with Gasteiger partial charge >= 0.3 is 12.1 Å². The van der Waals surface area contributed by atoms with Gasteiger partial charge in [-0.1, -0.05) is 13.8 Å². The van der Waals surface area contributed by atoms with Crippen LogP contribution in [0.4, 0.5) is 4.79 Å².